The number of hydrogen-bond acceptors (Lipinski definition) is 7. The predicted octanol–water partition coefficient (Wildman–Crippen LogP) is 3.85. The highest BCUT2D eigenvalue weighted by molar-refractivity contribution is 5.76. The lowest BCUT2D eigenvalue weighted by molar-refractivity contribution is -0.384. The summed E-state index contributed by atoms with van der Waals surface area (Å²) in [6.07, 6.45) is 0.446. The zero-order valence-electron chi connectivity index (χ0n) is 16.7. The maximum Gasteiger partial charge on any atom is 0.269 e. The molecule has 156 valence electrons. The molecule has 0 aliphatic rings. The third-order valence-electron chi connectivity index (χ3n) is 4.42. The maximum absolute atomic E-state index is 12.2. The van der Waals surface area contributed by atoms with E-state index in [1.165, 1.54) is 12.1 Å². The van der Waals surface area contributed by atoms with Gasteiger partial charge in [-0.3, -0.25) is 14.9 Å². The van der Waals surface area contributed by atoms with E-state index in [2.05, 4.69) is 15.5 Å². The molecule has 0 spiro atoms. The van der Waals surface area contributed by atoms with Crippen molar-refractivity contribution >= 4 is 11.6 Å². The molecule has 1 aromatic heterocycles. The molecule has 0 radical (unpaired) electrons. The van der Waals surface area contributed by atoms with E-state index in [-0.39, 0.29) is 30.5 Å². The normalized spacial score (nSPS) is 11.7. The maximum atomic E-state index is 12.2. The summed E-state index contributed by atoms with van der Waals surface area (Å²) in [7, 11) is 0. The first-order chi connectivity index (χ1) is 14.5. The average molecular weight is 410 g/mol. The minimum Gasteiger partial charge on any atom is -0.494 e. The Kier molecular flexibility index (Phi) is 6.74. The lowest BCUT2D eigenvalue weighted by atomic mass is 10.1. The first-order valence-corrected chi connectivity index (χ1v) is 9.55. The first kappa shape index (κ1) is 21.0. The Morgan fingerprint density at radius 2 is 2.03 bits per heavy atom. The molecular formula is C21H22N4O5. The van der Waals surface area contributed by atoms with Crippen LogP contribution in [0.2, 0.25) is 0 Å². The van der Waals surface area contributed by atoms with Gasteiger partial charge in [-0.25, -0.2) is 0 Å². The Balaban J connectivity index is 1.54. The highest BCUT2D eigenvalue weighted by Crippen LogP contribution is 2.21. The monoisotopic (exact) mass is 410 g/mol. The van der Waals surface area contributed by atoms with Crippen molar-refractivity contribution in [3.8, 4) is 17.1 Å². The molecule has 9 heteroatoms. The molecule has 0 saturated carbocycles. The molecule has 0 aliphatic heterocycles. The second-order valence-electron chi connectivity index (χ2n) is 6.61. The summed E-state index contributed by atoms with van der Waals surface area (Å²) in [4.78, 5) is 27.0. The molecule has 0 fully saturated rings. The van der Waals surface area contributed by atoms with Crippen molar-refractivity contribution < 1.29 is 19.0 Å². The van der Waals surface area contributed by atoms with Crippen LogP contribution in [-0.4, -0.2) is 27.6 Å². The Bertz CT molecular complexity index is 1020. The van der Waals surface area contributed by atoms with Crippen molar-refractivity contribution in [1.82, 2.24) is 15.5 Å². The van der Waals surface area contributed by atoms with Crippen LogP contribution >= 0.6 is 0 Å². The Morgan fingerprint density at radius 1 is 1.27 bits per heavy atom. The highest BCUT2D eigenvalue weighted by atomic mass is 16.6. The summed E-state index contributed by atoms with van der Waals surface area (Å²) < 4.78 is 10.6. The molecule has 1 atom stereocenters. The van der Waals surface area contributed by atoms with Crippen LogP contribution in [0.25, 0.3) is 11.4 Å². The fraction of sp³-hybridized carbons (Fsp3) is 0.286. The van der Waals surface area contributed by atoms with Crippen molar-refractivity contribution in [2.75, 3.05) is 6.61 Å². The number of aromatic nitrogens is 2. The van der Waals surface area contributed by atoms with E-state index in [0.29, 0.717) is 23.9 Å². The number of hydrogen-bond donors (Lipinski definition) is 1. The molecule has 0 saturated heterocycles. The number of rotatable bonds is 9. The fourth-order valence-corrected chi connectivity index (χ4v) is 2.87. The lowest BCUT2D eigenvalue weighted by Crippen LogP contribution is -2.26. The van der Waals surface area contributed by atoms with E-state index in [0.717, 1.165) is 11.3 Å². The molecule has 3 rings (SSSR count). The van der Waals surface area contributed by atoms with Crippen molar-refractivity contribution in [3.63, 3.8) is 0 Å². The van der Waals surface area contributed by atoms with Crippen molar-refractivity contribution in [2.24, 2.45) is 0 Å². The van der Waals surface area contributed by atoms with Gasteiger partial charge in [-0.1, -0.05) is 17.3 Å². The van der Waals surface area contributed by atoms with Crippen molar-refractivity contribution in [2.45, 2.75) is 32.7 Å². The smallest absolute Gasteiger partial charge is 0.269 e. The number of nitro benzene ring substituents is 1. The van der Waals surface area contributed by atoms with Gasteiger partial charge in [0.2, 0.25) is 17.6 Å². The number of non-ortho nitro benzene ring substituents is 1. The van der Waals surface area contributed by atoms with Gasteiger partial charge in [0.1, 0.15) is 5.75 Å². The Morgan fingerprint density at radius 3 is 2.73 bits per heavy atom. The molecule has 0 aliphatic carbocycles. The summed E-state index contributed by atoms with van der Waals surface area (Å²) in [6.45, 7) is 4.28. The number of benzene rings is 2. The summed E-state index contributed by atoms with van der Waals surface area (Å²) >= 11 is 0. The molecule has 3 aromatic rings. The molecule has 1 unspecified atom stereocenters. The van der Waals surface area contributed by atoms with Gasteiger partial charge in [-0.15, -0.1) is 0 Å². The third-order valence-corrected chi connectivity index (χ3v) is 4.42. The van der Waals surface area contributed by atoms with Crippen LogP contribution in [0.1, 0.15) is 37.8 Å². The molecule has 2 aromatic carbocycles. The number of nitro groups is 1. The summed E-state index contributed by atoms with van der Waals surface area (Å²) in [5.41, 5.74) is 1.44. The number of aryl methyl sites for hydroxylation is 1. The zero-order valence-corrected chi connectivity index (χ0v) is 16.7. The van der Waals surface area contributed by atoms with Gasteiger partial charge in [0.25, 0.3) is 5.69 Å². The van der Waals surface area contributed by atoms with Crippen molar-refractivity contribution in [1.29, 1.82) is 0 Å². The Hall–Kier alpha value is -3.75. The predicted molar refractivity (Wildman–Crippen MR) is 109 cm³/mol. The lowest BCUT2D eigenvalue weighted by Gasteiger charge is -2.13. The molecule has 0 bridgehead atoms. The van der Waals surface area contributed by atoms with E-state index in [9.17, 15) is 14.9 Å². The van der Waals surface area contributed by atoms with Gasteiger partial charge < -0.3 is 14.6 Å². The fourth-order valence-electron chi connectivity index (χ4n) is 2.87. The minimum absolute atomic E-state index is 0.0127. The molecule has 9 nitrogen and oxygen atoms in total. The van der Waals surface area contributed by atoms with Gasteiger partial charge in [0, 0.05) is 30.5 Å². The summed E-state index contributed by atoms with van der Waals surface area (Å²) in [5.74, 6) is 1.35. The number of ether oxygens (including phenoxy) is 1. The van der Waals surface area contributed by atoms with Crippen LogP contribution in [0, 0.1) is 10.1 Å². The topological polar surface area (TPSA) is 120 Å². The van der Waals surface area contributed by atoms with Crippen molar-refractivity contribution in [3.05, 3.63) is 70.1 Å². The van der Waals surface area contributed by atoms with E-state index in [4.69, 9.17) is 9.26 Å². The van der Waals surface area contributed by atoms with Gasteiger partial charge >= 0.3 is 0 Å². The molecule has 1 amide bonds. The average Bonchev–Trinajstić information content (AvgIpc) is 3.22. The summed E-state index contributed by atoms with van der Waals surface area (Å²) in [5, 5.41) is 17.7. The van der Waals surface area contributed by atoms with Gasteiger partial charge in [-0.2, -0.15) is 4.98 Å². The van der Waals surface area contributed by atoms with E-state index < -0.39 is 4.92 Å². The number of carbonyl (C=O) groups is 1. The standard InChI is InChI=1S/C21H22N4O5/c1-3-29-18-9-7-15(8-10-18)21-23-20(30-24-21)12-11-19(26)22-14(2)16-5-4-6-17(13-16)25(27)28/h4-10,13-14H,3,11-12H2,1-2H3,(H,22,26). The molecule has 1 heterocycles. The largest absolute Gasteiger partial charge is 0.494 e. The van der Waals surface area contributed by atoms with Crippen LogP contribution in [-0.2, 0) is 11.2 Å². The second-order valence-corrected chi connectivity index (χ2v) is 6.61. The quantitative estimate of drug-likeness (QED) is 0.420. The van der Waals surface area contributed by atoms with Gasteiger partial charge in [-0.05, 0) is 43.7 Å². The third kappa shape index (κ3) is 5.40. The number of nitrogens with one attached hydrogen (secondary N) is 1. The molecule has 30 heavy (non-hydrogen) atoms. The SMILES string of the molecule is CCOc1ccc(-c2noc(CCC(=O)NC(C)c3cccc([N+](=O)[O-])c3)n2)cc1. The number of nitrogens with zero attached hydrogens (tertiary/aromatic N) is 3. The number of carbonyl (C=O) groups excluding carboxylic acids is 1. The summed E-state index contributed by atoms with van der Waals surface area (Å²) in [6, 6.07) is 13.2. The number of amides is 1. The minimum atomic E-state index is -0.463. The van der Waals surface area contributed by atoms with E-state index in [1.54, 1.807) is 19.1 Å². The van der Waals surface area contributed by atoms with Crippen LogP contribution < -0.4 is 10.1 Å². The van der Waals surface area contributed by atoms with Crippen LogP contribution in [0.5, 0.6) is 5.75 Å². The van der Waals surface area contributed by atoms with Crippen LogP contribution in [0.4, 0.5) is 5.69 Å². The van der Waals surface area contributed by atoms with E-state index >= 15 is 0 Å². The van der Waals surface area contributed by atoms with Crippen LogP contribution in [0.3, 0.4) is 0 Å². The van der Waals surface area contributed by atoms with Gasteiger partial charge in [0.15, 0.2) is 0 Å². The molecular weight excluding hydrogens is 388 g/mol. The first-order valence-electron chi connectivity index (χ1n) is 9.55. The van der Waals surface area contributed by atoms with Gasteiger partial charge in [0.05, 0.1) is 17.6 Å². The Labute approximate surface area is 173 Å². The second kappa shape index (κ2) is 9.64. The van der Waals surface area contributed by atoms with E-state index in [1.807, 2.05) is 31.2 Å². The molecule has 1 N–H and O–H groups in total. The highest BCUT2D eigenvalue weighted by Gasteiger charge is 2.15. The zero-order chi connectivity index (χ0) is 21.5. The van der Waals surface area contributed by atoms with Crippen LogP contribution in [0.15, 0.2) is 53.1 Å².